The zero-order chi connectivity index (χ0) is 14.0. The van der Waals surface area contributed by atoms with Gasteiger partial charge < -0.3 is 19.3 Å². The molecular weight excluding hydrogens is 268 g/mol. The molecule has 4 heteroatoms. The van der Waals surface area contributed by atoms with Crippen molar-refractivity contribution in [2.75, 3.05) is 13.2 Å². The normalized spacial score (nSPS) is 35.0. The van der Waals surface area contributed by atoms with Crippen LogP contribution in [0.15, 0.2) is 30.0 Å². The minimum Gasteiger partial charge on any atom is -0.508 e. The molecular formula is C17H18O4. The van der Waals surface area contributed by atoms with Gasteiger partial charge in [0.25, 0.3) is 0 Å². The van der Waals surface area contributed by atoms with Gasteiger partial charge in [-0.3, -0.25) is 0 Å². The second-order valence-corrected chi connectivity index (χ2v) is 6.46. The quantitative estimate of drug-likeness (QED) is 0.796. The summed E-state index contributed by atoms with van der Waals surface area (Å²) in [5.41, 5.74) is 3.76. The van der Waals surface area contributed by atoms with Crippen LogP contribution in [0.4, 0.5) is 0 Å². The van der Waals surface area contributed by atoms with Crippen molar-refractivity contribution in [3.8, 4) is 5.75 Å². The van der Waals surface area contributed by atoms with E-state index in [0.717, 1.165) is 19.3 Å². The van der Waals surface area contributed by atoms with Crippen LogP contribution in [0, 0.1) is 5.92 Å². The maximum atomic E-state index is 9.84. The monoisotopic (exact) mass is 286 g/mol. The Balaban J connectivity index is 1.60. The minimum atomic E-state index is -0.537. The first-order chi connectivity index (χ1) is 10.3. The van der Waals surface area contributed by atoms with Crippen LogP contribution < -0.4 is 0 Å². The van der Waals surface area contributed by atoms with Crippen molar-refractivity contribution in [2.24, 2.45) is 5.92 Å². The Kier molecular flexibility index (Phi) is 2.31. The molecule has 1 aromatic rings. The number of benzene rings is 1. The number of hydrogen-bond donors (Lipinski definition) is 1. The minimum absolute atomic E-state index is 0.187. The molecule has 1 aromatic carbocycles. The summed E-state index contributed by atoms with van der Waals surface area (Å²) in [6, 6.07) is 5.74. The maximum absolute atomic E-state index is 9.84. The predicted octanol–water partition coefficient (Wildman–Crippen LogP) is 2.47. The number of phenols is 1. The van der Waals surface area contributed by atoms with Crippen molar-refractivity contribution >= 4 is 0 Å². The van der Waals surface area contributed by atoms with Gasteiger partial charge in [-0.1, -0.05) is 6.07 Å². The standard InChI is InChI=1S/C17H18O4/c18-11-2-1-10-7-15-16-12(13(10)8-11)3-4-17(14(16)9-19-15)20-5-6-21-17/h1-2,8-9,12,15-16,18H,3-7H2/t12-,15+,16+/m0/s1. The third-order valence-corrected chi connectivity index (χ3v) is 5.49. The van der Waals surface area contributed by atoms with Crippen molar-refractivity contribution in [1.29, 1.82) is 0 Å². The Bertz CT molecular complexity index is 630. The molecule has 3 atom stereocenters. The van der Waals surface area contributed by atoms with Crippen LogP contribution in [-0.2, 0) is 20.6 Å². The van der Waals surface area contributed by atoms with E-state index in [1.807, 2.05) is 18.4 Å². The van der Waals surface area contributed by atoms with E-state index < -0.39 is 5.79 Å². The molecule has 2 fully saturated rings. The van der Waals surface area contributed by atoms with Crippen LogP contribution in [0.3, 0.4) is 0 Å². The van der Waals surface area contributed by atoms with E-state index in [-0.39, 0.29) is 6.10 Å². The van der Waals surface area contributed by atoms with Crippen LogP contribution in [-0.4, -0.2) is 30.2 Å². The lowest BCUT2D eigenvalue weighted by molar-refractivity contribution is -0.149. The van der Waals surface area contributed by atoms with Gasteiger partial charge in [-0.15, -0.1) is 0 Å². The molecule has 0 bridgehead atoms. The van der Waals surface area contributed by atoms with Crippen LogP contribution in [0.5, 0.6) is 5.75 Å². The summed E-state index contributed by atoms with van der Waals surface area (Å²) in [5.74, 6) is 0.541. The largest absolute Gasteiger partial charge is 0.508 e. The average Bonchev–Trinajstić information content (AvgIpc) is 3.11. The lowest BCUT2D eigenvalue weighted by Crippen LogP contribution is -2.46. The molecule has 1 saturated heterocycles. The molecule has 21 heavy (non-hydrogen) atoms. The van der Waals surface area contributed by atoms with Crippen molar-refractivity contribution in [2.45, 2.75) is 37.1 Å². The number of rotatable bonds is 0. The summed E-state index contributed by atoms with van der Waals surface area (Å²) in [6.45, 7) is 1.33. The Morgan fingerprint density at radius 2 is 2.05 bits per heavy atom. The second kappa shape index (κ2) is 4.02. The lowest BCUT2D eigenvalue weighted by Gasteiger charge is -2.45. The zero-order valence-electron chi connectivity index (χ0n) is 11.7. The van der Waals surface area contributed by atoms with Crippen LogP contribution in [0.1, 0.15) is 29.9 Å². The molecule has 1 spiro atoms. The highest BCUT2D eigenvalue weighted by atomic mass is 16.7. The fourth-order valence-corrected chi connectivity index (χ4v) is 4.63. The van der Waals surface area contributed by atoms with Gasteiger partial charge in [-0.05, 0) is 35.6 Å². The smallest absolute Gasteiger partial charge is 0.194 e. The van der Waals surface area contributed by atoms with Crippen molar-refractivity contribution in [3.05, 3.63) is 41.2 Å². The number of aromatic hydroxyl groups is 1. The summed E-state index contributed by atoms with van der Waals surface area (Å²) in [7, 11) is 0. The number of ether oxygens (including phenoxy) is 3. The first-order valence-electron chi connectivity index (χ1n) is 7.72. The van der Waals surface area contributed by atoms with Crippen molar-refractivity contribution in [3.63, 3.8) is 0 Å². The van der Waals surface area contributed by atoms with E-state index in [9.17, 15) is 5.11 Å². The van der Waals surface area contributed by atoms with Gasteiger partial charge in [-0.25, -0.2) is 0 Å². The zero-order valence-corrected chi connectivity index (χ0v) is 11.7. The maximum Gasteiger partial charge on any atom is 0.194 e. The number of phenolic OH excluding ortho intramolecular Hbond substituents is 1. The summed E-state index contributed by atoms with van der Waals surface area (Å²) in [5, 5.41) is 9.84. The first kappa shape index (κ1) is 12.1. The van der Waals surface area contributed by atoms with E-state index in [4.69, 9.17) is 14.2 Å². The third-order valence-electron chi connectivity index (χ3n) is 5.49. The van der Waals surface area contributed by atoms with Gasteiger partial charge in [0.1, 0.15) is 11.9 Å². The summed E-state index contributed by atoms with van der Waals surface area (Å²) < 4.78 is 17.9. The summed E-state index contributed by atoms with van der Waals surface area (Å²) >= 11 is 0. The molecule has 0 radical (unpaired) electrons. The first-order valence-corrected chi connectivity index (χ1v) is 7.72. The van der Waals surface area contributed by atoms with E-state index in [2.05, 4.69) is 0 Å². The highest BCUT2D eigenvalue weighted by Crippen LogP contribution is 2.56. The average molecular weight is 286 g/mol. The summed E-state index contributed by atoms with van der Waals surface area (Å²) in [4.78, 5) is 0. The SMILES string of the molecule is Oc1ccc2c(c1)[C@@H]1CCC3(OCCO3)C3=CO[C@H](C2)[C@@H]31. The molecule has 2 aliphatic heterocycles. The molecule has 1 N–H and O–H groups in total. The van der Waals surface area contributed by atoms with Gasteiger partial charge in [0.15, 0.2) is 5.79 Å². The topological polar surface area (TPSA) is 47.9 Å². The van der Waals surface area contributed by atoms with E-state index in [1.54, 1.807) is 6.07 Å². The highest BCUT2D eigenvalue weighted by Gasteiger charge is 2.56. The van der Waals surface area contributed by atoms with E-state index in [0.29, 0.717) is 30.8 Å². The van der Waals surface area contributed by atoms with Crippen LogP contribution >= 0.6 is 0 Å². The van der Waals surface area contributed by atoms with Crippen molar-refractivity contribution in [1.82, 2.24) is 0 Å². The van der Waals surface area contributed by atoms with Crippen LogP contribution in [0.2, 0.25) is 0 Å². The molecule has 5 rings (SSSR count). The molecule has 1 saturated carbocycles. The fraction of sp³-hybridized carbons (Fsp3) is 0.529. The Morgan fingerprint density at radius 3 is 2.90 bits per heavy atom. The molecule has 0 unspecified atom stereocenters. The fourth-order valence-electron chi connectivity index (χ4n) is 4.63. The molecule has 2 aliphatic carbocycles. The third kappa shape index (κ3) is 1.52. The van der Waals surface area contributed by atoms with Gasteiger partial charge in [-0.2, -0.15) is 0 Å². The van der Waals surface area contributed by atoms with Gasteiger partial charge in [0, 0.05) is 24.3 Å². The second-order valence-electron chi connectivity index (χ2n) is 6.46. The van der Waals surface area contributed by atoms with Crippen molar-refractivity contribution < 1.29 is 19.3 Å². The molecule has 0 aromatic heterocycles. The van der Waals surface area contributed by atoms with Gasteiger partial charge in [0.2, 0.25) is 0 Å². The number of hydrogen-bond acceptors (Lipinski definition) is 4. The molecule has 110 valence electrons. The van der Waals surface area contributed by atoms with E-state index >= 15 is 0 Å². The Morgan fingerprint density at radius 1 is 1.19 bits per heavy atom. The molecule has 0 amide bonds. The van der Waals surface area contributed by atoms with E-state index in [1.165, 1.54) is 16.7 Å². The molecule has 2 heterocycles. The Labute approximate surface area is 123 Å². The number of fused-ring (bicyclic) bond motifs is 3. The van der Waals surface area contributed by atoms with Crippen LogP contribution in [0.25, 0.3) is 0 Å². The predicted molar refractivity (Wildman–Crippen MR) is 74.9 cm³/mol. The summed E-state index contributed by atoms with van der Waals surface area (Å²) in [6.07, 6.45) is 4.85. The molecule has 4 aliphatic rings. The highest BCUT2D eigenvalue weighted by molar-refractivity contribution is 5.45. The lowest BCUT2D eigenvalue weighted by atomic mass is 9.64. The van der Waals surface area contributed by atoms with Gasteiger partial charge in [0.05, 0.1) is 19.5 Å². The Hall–Kier alpha value is -1.52. The van der Waals surface area contributed by atoms with Gasteiger partial charge >= 0.3 is 0 Å². The molecule has 4 nitrogen and oxygen atoms in total.